The van der Waals surface area contributed by atoms with E-state index >= 15 is 0 Å². The Kier molecular flexibility index (Phi) is 3.49. The minimum Gasteiger partial charge on any atom is -0.388 e. The van der Waals surface area contributed by atoms with E-state index in [2.05, 4.69) is 15.3 Å². The van der Waals surface area contributed by atoms with Gasteiger partial charge in [-0.2, -0.15) is 0 Å². The highest BCUT2D eigenvalue weighted by atomic mass is 35.5. The van der Waals surface area contributed by atoms with E-state index < -0.39 is 11.1 Å². The van der Waals surface area contributed by atoms with Crippen LogP contribution in [-0.2, 0) is 0 Å². The van der Waals surface area contributed by atoms with E-state index in [4.69, 9.17) is 11.6 Å². The molecule has 0 aliphatic carbocycles. The minimum absolute atomic E-state index is 0.211. The maximum absolute atomic E-state index is 10.2. The summed E-state index contributed by atoms with van der Waals surface area (Å²) in [5.74, 6) is 0.659. The van der Waals surface area contributed by atoms with Crippen LogP contribution in [0.25, 0.3) is 10.2 Å². The van der Waals surface area contributed by atoms with Crippen LogP contribution in [0.2, 0.25) is 5.28 Å². The Morgan fingerprint density at radius 1 is 1.26 bits per heavy atom. The summed E-state index contributed by atoms with van der Waals surface area (Å²) in [4.78, 5) is 10.5. The summed E-state index contributed by atoms with van der Waals surface area (Å²) in [5.41, 5.74) is -1.45. The number of hydrogen-bond donors (Lipinski definition) is 2. The Morgan fingerprint density at radius 3 is 2.47 bits per heavy atom. The fourth-order valence-electron chi connectivity index (χ4n) is 1.56. The molecular formula is C13H18ClN3OS. The van der Waals surface area contributed by atoms with Gasteiger partial charge < -0.3 is 10.4 Å². The number of aromatic nitrogens is 2. The highest BCUT2D eigenvalue weighted by Gasteiger charge is 2.35. The summed E-state index contributed by atoms with van der Waals surface area (Å²) >= 11 is 7.53. The summed E-state index contributed by atoms with van der Waals surface area (Å²) in [6.45, 7) is 9.39. The summed E-state index contributed by atoms with van der Waals surface area (Å²) < 4.78 is 0. The van der Waals surface area contributed by atoms with Crippen LogP contribution in [0.1, 0.15) is 32.6 Å². The number of nitrogens with one attached hydrogen (secondary N) is 1. The predicted molar refractivity (Wildman–Crippen MR) is 81.2 cm³/mol. The first kappa shape index (κ1) is 14.5. The van der Waals surface area contributed by atoms with E-state index in [0.29, 0.717) is 5.82 Å². The SMILES string of the molecule is Cc1cc2c(NC(C)(C)C(C)(C)O)nc(Cl)nc2s1. The van der Waals surface area contributed by atoms with Gasteiger partial charge in [-0.3, -0.25) is 0 Å². The lowest BCUT2D eigenvalue weighted by molar-refractivity contribution is 0.0239. The fourth-order valence-corrected chi connectivity index (χ4v) is 2.66. The Hall–Kier alpha value is -0.910. The first-order valence-electron chi connectivity index (χ1n) is 6.04. The average Bonchev–Trinajstić information content (AvgIpc) is 2.56. The van der Waals surface area contributed by atoms with Crippen molar-refractivity contribution in [3.8, 4) is 0 Å². The lowest BCUT2D eigenvalue weighted by Crippen LogP contribution is -2.51. The number of aryl methyl sites for hydroxylation is 1. The molecule has 0 unspecified atom stereocenters. The number of thiophene rings is 1. The molecule has 2 rings (SSSR count). The monoisotopic (exact) mass is 299 g/mol. The maximum atomic E-state index is 10.2. The number of halogens is 1. The smallest absolute Gasteiger partial charge is 0.225 e. The van der Waals surface area contributed by atoms with Crippen molar-refractivity contribution in [3.05, 3.63) is 16.2 Å². The van der Waals surface area contributed by atoms with E-state index in [1.165, 1.54) is 0 Å². The van der Waals surface area contributed by atoms with E-state index in [1.54, 1.807) is 25.2 Å². The summed E-state index contributed by atoms with van der Waals surface area (Å²) in [5, 5.41) is 14.6. The molecule has 0 aliphatic rings. The van der Waals surface area contributed by atoms with Crippen molar-refractivity contribution in [1.29, 1.82) is 0 Å². The van der Waals surface area contributed by atoms with Gasteiger partial charge in [-0.15, -0.1) is 11.3 Å². The van der Waals surface area contributed by atoms with E-state index in [1.807, 2.05) is 26.8 Å². The van der Waals surface area contributed by atoms with Gasteiger partial charge in [0.2, 0.25) is 5.28 Å². The summed E-state index contributed by atoms with van der Waals surface area (Å²) in [7, 11) is 0. The zero-order chi connectivity index (χ0) is 14.4. The van der Waals surface area contributed by atoms with E-state index in [0.717, 1.165) is 15.1 Å². The first-order chi connectivity index (χ1) is 8.60. The Bertz CT molecular complexity index is 616. The topological polar surface area (TPSA) is 58.0 Å². The zero-order valence-corrected chi connectivity index (χ0v) is 13.3. The van der Waals surface area contributed by atoms with Crippen LogP contribution in [0.5, 0.6) is 0 Å². The van der Waals surface area contributed by atoms with Crippen molar-refractivity contribution in [2.75, 3.05) is 5.32 Å². The molecule has 2 N–H and O–H groups in total. The van der Waals surface area contributed by atoms with Gasteiger partial charge in [-0.1, -0.05) is 0 Å². The van der Waals surface area contributed by atoms with Gasteiger partial charge in [0.1, 0.15) is 10.6 Å². The van der Waals surface area contributed by atoms with Crippen molar-refractivity contribution in [2.45, 2.75) is 45.8 Å². The van der Waals surface area contributed by atoms with Gasteiger partial charge >= 0.3 is 0 Å². The van der Waals surface area contributed by atoms with Crippen LogP contribution >= 0.6 is 22.9 Å². The lowest BCUT2D eigenvalue weighted by atomic mass is 9.86. The van der Waals surface area contributed by atoms with Crippen LogP contribution in [-0.4, -0.2) is 26.2 Å². The van der Waals surface area contributed by atoms with Gasteiger partial charge in [0.05, 0.1) is 16.5 Å². The second-order valence-corrected chi connectivity index (χ2v) is 7.30. The highest BCUT2D eigenvalue weighted by molar-refractivity contribution is 7.18. The van der Waals surface area contributed by atoms with Crippen LogP contribution in [0, 0.1) is 6.92 Å². The summed E-state index contributed by atoms with van der Waals surface area (Å²) in [6.07, 6.45) is 0. The Morgan fingerprint density at radius 2 is 1.89 bits per heavy atom. The van der Waals surface area contributed by atoms with Crippen molar-refractivity contribution in [2.24, 2.45) is 0 Å². The molecular weight excluding hydrogens is 282 g/mol. The zero-order valence-electron chi connectivity index (χ0n) is 11.7. The van der Waals surface area contributed by atoms with Crippen LogP contribution in [0.3, 0.4) is 0 Å². The normalized spacial score (nSPS) is 13.0. The first-order valence-corrected chi connectivity index (χ1v) is 7.24. The maximum Gasteiger partial charge on any atom is 0.225 e. The number of rotatable bonds is 3. The van der Waals surface area contributed by atoms with E-state index in [-0.39, 0.29) is 5.28 Å². The standard InChI is InChI=1S/C13H18ClN3OS/c1-7-6-8-9(15-11(14)16-10(8)19-7)17-12(2,3)13(4,5)18/h6,18H,1-5H3,(H,15,16,17). The lowest BCUT2D eigenvalue weighted by Gasteiger charge is -2.38. The molecule has 0 radical (unpaired) electrons. The molecule has 0 atom stereocenters. The molecule has 19 heavy (non-hydrogen) atoms. The number of fused-ring (bicyclic) bond motifs is 1. The largest absolute Gasteiger partial charge is 0.388 e. The van der Waals surface area contributed by atoms with Crippen molar-refractivity contribution in [3.63, 3.8) is 0 Å². The Labute approximate surface area is 121 Å². The molecule has 0 aliphatic heterocycles. The summed E-state index contributed by atoms with van der Waals surface area (Å²) in [6, 6.07) is 2.03. The number of nitrogens with zero attached hydrogens (tertiary/aromatic N) is 2. The molecule has 4 nitrogen and oxygen atoms in total. The molecule has 0 saturated carbocycles. The van der Waals surface area contributed by atoms with Crippen molar-refractivity contribution < 1.29 is 5.11 Å². The predicted octanol–water partition coefficient (Wildman–Crippen LogP) is 3.61. The minimum atomic E-state index is -0.901. The molecule has 0 amide bonds. The molecule has 0 spiro atoms. The molecule has 2 aromatic heterocycles. The third-order valence-corrected chi connectivity index (χ3v) is 4.56. The van der Waals surface area contributed by atoms with Gasteiger partial charge in [0.15, 0.2) is 0 Å². The van der Waals surface area contributed by atoms with Gasteiger partial charge in [0, 0.05) is 4.88 Å². The third-order valence-electron chi connectivity index (χ3n) is 3.45. The Balaban J connectivity index is 2.51. The molecule has 2 heterocycles. The number of hydrogen-bond acceptors (Lipinski definition) is 5. The number of aliphatic hydroxyl groups is 1. The van der Waals surface area contributed by atoms with Crippen LogP contribution in [0.4, 0.5) is 5.82 Å². The van der Waals surface area contributed by atoms with Crippen LogP contribution < -0.4 is 5.32 Å². The molecule has 0 aromatic carbocycles. The van der Waals surface area contributed by atoms with Gasteiger partial charge in [-0.25, -0.2) is 9.97 Å². The second kappa shape index (κ2) is 4.58. The average molecular weight is 300 g/mol. The van der Waals surface area contributed by atoms with Crippen molar-refractivity contribution >= 4 is 39.0 Å². The van der Waals surface area contributed by atoms with Gasteiger partial charge in [0.25, 0.3) is 0 Å². The molecule has 104 valence electrons. The molecule has 0 saturated heterocycles. The van der Waals surface area contributed by atoms with Crippen LogP contribution in [0.15, 0.2) is 6.07 Å². The van der Waals surface area contributed by atoms with Gasteiger partial charge in [-0.05, 0) is 52.3 Å². The highest BCUT2D eigenvalue weighted by Crippen LogP contribution is 2.33. The van der Waals surface area contributed by atoms with E-state index in [9.17, 15) is 5.11 Å². The molecule has 2 aromatic rings. The molecule has 6 heteroatoms. The quantitative estimate of drug-likeness (QED) is 0.850. The van der Waals surface area contributed by atoms with Crippen molar-refractivity contribution in [1.82, 2.24) is 9.97 Å². The fraction of sp³-hybridized carbons (Fsp3) is 0.538. The second-order valence-electron chi connectivity index (χ2n) is 5.73. The molecule has 0 fully saturated rings. The third kappa shape index (κ3) is 2.83. The number of anilines is 1. The molecule has 0 bridgehead atoms.